The molecule has 31 heavy (non-hydrogen) atoms. The molecular formula is C25H28N3O2S+. The Morgan fingerprint density at radius 1 is 0.774 bits per heavy atom. The highest BCUT2D eigenvalue weighted by Gasteiger charge is 2.16. The summed E-state index contributed by atoms with van der Waals surface area (Å²) in [4.78, 5) is 28.0. The van der Waals surface area contributed by atoms with E-state index in [0.29, 0.717) is 0 Å². The second-order valence-corrected chi connectivity index (χ2v) is 8.70. The zero-order valence-corrected chi connectivity index (χ0v) is 18.9. The summed E-state index contributed by atoms with van der Waals surface area (Å²) in [5, 5.41) is 5.96. The number of carbonyl (C=O) groups is 2. The molecule has 0 bridgehead atoms. The van der Waals surface area contributed by atoms with Crippen molar-refractivity contribution in [3.05, 3.63) is 83.9 Å². The fourth-order valence-electron chi connectivity index (χ4n) is 3.27. The van der Waals surface area contributed by atoms with Gasteiger partial charge in [0.05, 0.1) is 12.7 Å². The number of hydrogen-bond donors (Lipinski definition) is 3. The van der Waals surface area contributed by atoms with Gasteiger partial charge in [-0.2, -0.15) is 0 Å². The maximum Gasteiger partial charge on any atom is 0.279 e. The molecule has 2 amide bonds. The quantitative estimate of drug-likeness (QED) is 0.508. The largest absolute Gasteiger partial charge is 0.322 e. The molecule has 0 aromatic heterocycles. The fourth-order valence-corrected chi connectivity index (χ4v) is 4.20. The maximum atomic E-state index is 12.6. The molecule has 3 aromatic carbocycles. The topological polar surface area (TPSA) is 62.6 Å². The van der Waals surface area contributed by atoms with E-state index in [9.17, 15) is 9.59 Å². The standard InChI is InChI=1S/C25H27N3O2S/c1-18-10-9-11-19(2)25(18)27-24(30)17-28(3)16-23(29)26-21-14-7-8-15-22(21)31-20-12-5-4-6-13-20/h4-15H,16-17H2,1-3H3,(H,26,29)(H,27,30)/p+1. The molecular weight excluding hydrogens is 406 g/mol. The van der Waals surface area contributed by atoms with Crippen molar-refractivity contribution in [3.8, 4) is 0 Å². The van der Waals surface area contributed by atoms with Crippen LogP contribution in [0.25, 0.3) is 0 Å². The third kappa shape index (κ3) is 6.70. The molecule has 0 fully saturated rings. The normalized spacial score (nSPS) is 11.6. The molecule has 1 atom stereocenters. The summed E-state index contributed by atoms with van der Waals surface area (Å²) in [6.45, 7) is 4.35. The molecule has 0 saturated carbocycles. The van der Waals surface area contributed by atoms with Crippen molar-refractivity contribution >= 4 is 35.0 Å². The van der Waals surface area contributed by atoms with E-state index in [1.54, 1.807) is 11.8 Å². The molecule has 3 rings (SSSR count). The molecule has 3 N–H and O–H groups in total. The van der Waals surface area contributed by atoms with Gasteiger partial charge in [0.15, 0.2) is 13.1 Å². The Hall–Kier alpha value is -3.09. The lowest BCUT2D eigenvalue weighted by Crippen LogP contribution is -3.11. The van der Waals surface area contributed by atoms with E-state index in [1.807, 2.05) is 93.7 Å². The number of hydrogen-bond acceptors (Lipinski definition) is 3. The van der Waals surface area contributed by atoms with Gasteiger partial charge in [-0.1, -0.05) is 60.3 Å². The van der Waals surface area contributed by atoms with E-state index in [2.05, 4.69) is 10.6 Å². The predicted octanol–water partition coefficient (Wildman–Crippen LogP) is 3.55. The summed E-state index contributed by atoms with van der Waals surface area (Å²) < 4.78 is 0. The first-order valence-corrected chi connectivity index (χ1v) is 11.0. The van der Waals surface area contributed by atoms with Crippen LogP contribution in [0.1, 0.15) is 11.1 Å². The van der Waals surface area contributed by atoms with Crippen LogP contribution in [0.5, 0.6) is 0 Å². The minimum absolute atomic E-state index is 0.109. The zero-order chi connectivity index (χ0) is 22.2. The van der Waals surface area contributed by atoms with Gasteiger partial charge in [0.2, 0.25) is 0 Å². The summed E-state index contributed by atoms with van der Waals surface area (Å²) in [6.07, 6.45) is 0. The van der Waals surface area contributed by atoms with Crippen LogP contribution in [-0.2, 0) is 9.59 Å². The number of para-hydroxylation sites is 2. The van der Waals surface area contributed by atoms with E-state index in [-0.39, 0.29) is 24.9 Å². The highest BCUT2D eigenvalue weighted by atomic mass is 32.2. The van der Waals surface area contributed by atoms with Gasteiger partial charge < -0.3 is 15.5 Å². The molecule has 0 aliphatic rings. The van der Waals surface area contributed by atoms with Crippen LogP contribution in [0.15, 0.2) is 82.6 Å². The van der Waals surface area contributed by atoms with Crippen molar-refractivity contribution in [3.63, 3.8) is 0 Å². The van der Waals surface area contributed by atoms with Gasteiger partial charge in [0.25, 0.3) is 11.8 Å². The number of aryl methyl sites for hydroxylation is 2. The molecule has 5 nitrogen and oxygen atoms in total. The third-order valence-corrected chi connectivity index (χ3v) is 5.89. The number of quaternary nitrogens is 1. The number of nitrogens with one attached hydrogen (secondary N) is 3. The second kappa shape index (κ2) is 10.8. The fraction of sp³-hybridized carbons (Fsp3) is 0.200. The van der Waals surface area contributed by atoms with Gasteiger partial charge in [0, 0.05) is 15.5 Å². The Kier molecular flexibility index (Phi) is 7.87. The highest BCUT2D eigenvalue weighted by molar-refractivity contribution is 7.99. The van der Waals surface area contributed by atoms with Gasteiger partial charge >= 0.3 is 0 Å². The van der Waals surface area contributed by atoms with Crippen LogP contribution in [0.4, 0.5) is 11.4 Å². The summed E-state index contributed by atoms with van der Waals surface area (Å²) in [5.41, 5.74) is 3.67. The third-order valence-electron chi connectivity index (χ3n) is 4.80. The molecule has 0 aliphatic heterocycles. The van der Waals surface area contributed by atoms with Crippen molar-refractivity contribution < 1.29 is 14.5 Å². The van der Waals surface area contributed by atoms with Crippen molar-refractivity contribution in [2.75, 3.05) is 30.8 Å². The molecule has 0 aliphatic carbocycles. The van der Waals surface area contributed by atoms with Crippen molar-refractivity contribution in [2.45, 2.75) is 23.6 Å². The summed E-state index contributed by atoms with van der Waals surface area (Å²) >= 11 is 1.60. The van der Waals surface area contributed by atoms with Crippen LogP contribution < -0.4 is 15.5 Å². The number of carbonyl (C=O) groups excluding carboxylic acids is 2. The van der Waals surface area contributed by atoms with E-state index in [1.165, 1.54) is 0 Å². The average molecular weight is 435 g/mol. The summed E-state index contributed by atoms with van der Waals surface area (Å²) in [5.74, 6) is -0.235. The Morgan fingerprint density at radius 3 is 2.03 bits per heavy atom. The minimum Gasteiger partial charge on any atom is -0.322 e. The van der Waals surface area contributed by atoms with Gasteiger partial charge in [-0.15, -0.1) is 0 Å². The van der Waals surface area contributed by atoms with Crippen molar-refractivity contribution in [1.82, 2.24) is 0 Å². The van der Waals surface area contributed by atoms with Crippen LogP contribution >= 0.6 is 11.8 Å². The Bertz CT molecular complexity index is 1030. The van der Waals surface area contributed by atoms with Gasteiger partial charge in [0.1, 0.15) is 0 Å². The van der Waals surface area contributed by atoms with Gasteiger partial charge in [-0.05, 0) is 49.2 Å². The van der Waals surface area contributed by atoms with Crippen molar-refractivity contribution in [1.29, 1.82) is 0 Å². The molecule has 0 heterocycles. The highest BCUT2D eigenvalue weighted by Crippen LogP contribution is 2.33. The predicted molar refractivity (Wildman–Crippen MR) is 127 cm³/mol. The Morgan fingerprint density at radius 2 is 1.35 bits per heavy atom. The number of benzene rings is 3. The van der Waals surface area contributed by atoms with E-state index < -0.39 is 0 Å². The van der Waals surface area contributed by atoms with E-state index in [4.69, 9.17) is 0 Å². The monoisotopic (exact) mass is 434 g/mol. The first-order valence-electron chi connectivity index (χ1n) is 10.2. The number of likely N-dealkylation sites (N-methyl/N-ethyl adjacent to an activating group) is 1. The van der Waals surface area contributed by atoms with E-state index in [0.717, 1.165) is 37.2 Å². The van der Waals surface area contributed by atoms with Crippen molar-refractivity contribution in [2.24, 2.45) is 0 Å². The molecule has 3 aromatic rings. The maximum absolute atomic E-state index is 12.6. The van der Waals surface area contributed by atoms with Crippen LogP contribution in [0, 0.1) is 13.8 Å². The Labute approximate surface area is 187 Å². The molecule has 160 valence electrons. The van der Waals surface area contributed by atoms with Gasteiger partial charge in [-0.25, -0.2) is 0 Å². The lowest BCUT2D eigenvalue weighted by atomic mass is 10.1. The first kappa shape index (κ1) is 22.6. The lowest BCUT2D eigenvalue weighted by molar-refractivity contribution is -0.862. The molecule has 0 spiro atoms. The SMILES string of the molecule is Cc1cccc(C)c1NC(=O)C[NH+](C)CC(=O)Nc1ccccc1Sc1ccccc1. The van der Waals surface area contributed by atoms with Crippen LogP contribution in [-0.4, -0.2) is 32.0 Å². The molecule has 0 radical (unpaired) electrons. The zero-order valence-electron chi connectivity index (χ0n) is 18.1. The van der Waals surface area contributed by atoms with Crippen LogP contribution in [0.2, 0.25) is 0 Å². The van der Waals surface area contributed by atoms with E-state index >= 15 is 0 Å². The second-order valence-electron chi connectivity index (χ2n) is 7.59. The lowest BCUT2D eigenvalue weighted by Gasteiger charge is -2.16. The summed E-state index contributed by atoms with van der Waals surface area (Å²) in [7, 11) is 1.84. The average Bonchev–Trinajstić information content (AvgIpc) is 2.73. The van der Waals surface area contributed by atoms with Gasteiger partial charge in [-0.3, -0.25) is 9.59 Å². The minimum atomic E-state index is -0.126. The first-order chi connectivity index (χ1) is 14.9. The smallest absolute Gasteiger partial charge is 0.279 e. The number of amides is 2. The van der Waals surface area contributed by atoms with Crippen LogP contribution in [0.3, 0.4) is 0 Å². The Balaban J connectivity index is 1.55. The molecule has 6 heteroatoms. The molecule has 0 saturated heterocycles. The number of anilines is 2. The molecule has 1 unspecified atom stereocenters. The number of rotatable bonds is 8. The summed E-state index contributed by atoms with van der Waals surface area (Å²) in [6, 6.07) is 23.7.